The van der Waals surface area contributed by atoms with Crippen LogP contribution in [0.25, 0.3) is 0 Å². The van der Waals surface area contributed by atoms with Gasteiger partial charge in [0.1, 0.15) is 0 Å². The molecule has 0 atom stereocenters. The van der Waals surface area contributed by atoms with Crippen LogP contribution in [-0.4, -0.2) is 0 Å². The Labute approximate surface area is 79.5 Å². The fourth-order valence-corrected chi connectivity index (χ4v) is 0.427. The van der Waals surface area contributed by atoms with Gasteiger partial charge in [-0.1, -0.05) is 33.1 Å². The van der Waals surface area contributed by atoms with E-state index in [2.05, 4.69) is 20.8 Å². The van der Waals surface area contributed by atoms with E-state index in [9.17, 15) is 0 Å². The zero-order valence-electron chi connectivity index (χ0n) is 7.66. The molecule has 0 amide bonds. The first-order chi connectivity index (χ1) is 4.33. The van der Waals surface area contributed by atoms with Crippen molar-refractivity contribution in [1.82, 2.24) is 0 Å². The summed E-state index contributed by atoms with van der Waals surface area (Å²) < 4.78 is 0. The third-order valence-corrected chi connectivity index (χ3v) is 0.854. The molecule has 0 aromatic heterocycles. The predicted molar refractivity (Wildman–Crippen MR) is 45.1 cm³/mol. The average Bonchev–Trinajstić information content (AvgIpc) is 1.86. The van der Waals surface area contributed by atoms with Crippen LogP contribution in [0.15, 0.2) is 0 Å². The van der Waals surface area contributed by atoms with E-state index in [-0.39, 0.29) is 19.5 Å². The van der Waals surface area contributed by atoms with E-state index >= 15 is 0 Å². The molecule has 0 rings (SSSR count). The van der Waals surface area contributed by atoms with Gasteiger partial charge in [0.25, 0.3) is 0 Å². The summed E-state index contributed by atoms with van der Waals surface area (Å²) in [5.41, 5.74) is 0. The van der Waals surface area contributed by atoms with E-state index < -0.39 is 0 Å². The summed E-state index contributed by atoms with van der Waals surface area (Å²) in [7, 11) is 0. The van der Waals surface area contributed by atoms with Crippen LogP contribution in [0.1, 0.15) is 46.0 Å². The van der Waals surface area contributed by atoms with Crippen LogP contribution in [0, 0.1) is 13.8 Å². The first-order valence-electron chi connectivity index (χ1n) is 3.91. The Bertz CT molecular complexity index is 23.9. The molecule has 0 aromatic rings. The maximum atomic E-state index is 3.72. The molecule has 0 aliphatic heterocycles. The molecule has 58 valence electrons. The van der Waals surface area contributed by atoms with E-state index in [1.165, 1.54) is 19.3 Å². The van der Waals surface area contributed by atoms with Gasteiger partial charge in [-0.05, 0) is 0 Å². The van der Waals surface area contributed by atoms with Crippen LogP contribution in [0.4, 0.5) is 0 Å². The summed E-state index contributed by atoms with van der Waals surface area (Å²) in [4.78, 5) is 0. The van der Waals surface area contributed by atoms with E-state index in [0.29, 0.717) is 0 Å². The van der Waals surface area contributed by atoms with Gasteiger partial charge in [-0.25, -0.2) is 0 Å². The largest absolute Gasteiger partial charge is 2.00 e. The second-order valence-corrected chi connectivity index (χ2v) is 2.06. The zero-order valence-corrected chi connectivity index (χ0v) is 10.6. The van der Waals surface area contributed by atoms with Crippen molar-refractivity contribution in [2.75, 3.05) is 0 Å². The van der Waals surface area contributed by atoms with Crippen LogP contribution < -0.4 is 0 Å². The van der Waals surface area contributed by atoms with Crippen LogP contribution in [0.2, 0.25) is 0 Å². The van der Waals surface area contributed by atoms with Crippen LogP contribution in [-0.2, 0) is 19.5 Å². The van der Waals surface area contributed by atoms with Crippen LogP contribution in [0.3, 0.4) is 0 Å². The Morgan fingerprint density at radius 3 is 1.50 bits per heavy atom. The summed E-state index contributed by atoms with van der Waals surface area (Å²) >= 11 is 0. The van der Waals surface area contributed by atoms with Gasteiger partial charge in [0, 0.05) is 0 Å². The maximum absolute atomic E-state index is 3.72. The standard InChI is InChI=1S/C6H13.C3H7.Zn/c1-3-5-6-4-2;1-3-2;/h1,3-6H2,2H3;1,3H2,2H3;/q2*-1;+2. The Morgan fingerprint density at radius 2 is 1.40 bits per heavy atom. The normalized spacial score (nSPS) is 7.20. The molecule has 0 N–H and O–H groups in total. The quantitative estimate of drug-likeness (QED) is 0.365. The Morgan fingerprint density at radius 1 is 1.00 bits per heavy atom. The molecule has 0 aromatic carbocycles. The van der Waals surface area contributed by atoms with Crippen molar-refractivity contribution in [3.8, 4) is 0 Å². The third-order valence-electron chi connectivity index (χ3n) is 0.854. The molecule has 1 heteroatoms. The number of unbranched alkanes of at least 4 members (excludes halogenated alkanes) is 3. The Balaban J connectivity index is -0.000000107. The monoisotopic (exact) mass is 192 g/mol. The molecule has 0 bridgehead atoms. The molecule has 0 nitrogen and oxygen atoms in total. The van der Waals surface area contributed by atoms with Gasteiger partial charge in [0.05, 0.1) is 0 Å². The molecule has 10 heavy (non-hydrogen) atoms. The van der Waals surface area contributed by atoms with Gasteiger partial charge < -0.3 is 13.8 Å². The molecule has 0 radical (unpaired) electrons. The van der Waals surface area contributed by atoms with Crippen molar-refractivity contribution in [2.24, 2.45) is 0 Å². The van der Waals surface area contributed by atoms with Crippen molar-refractivity contribution >= 4 is 0 Å². The second-order valence-electron chi connectivity index (χ2n) is 2.06. The molecule has 0 saturated carbocycles. The van der Waals surface area contributed by atoms with Gasteiger partial charge in [-0.3, -0.25) is 0 Å². The van der Waals surface area contributed by atoms with E-state index in [0.717, 1.165) is 12.8 Å². The summed E-state index contributed by atoms with van der Waals surface area (Å²) in [6.07, 6.45) is 6.07. The minimum absolute atomic E-state index is 0. The van der Waals surface area contributed by atoms with Crippen molar-refractivity contribution < 1.29 is 19.5 Å². The third kappa shape index (κ3) is 38.2. The maximum Gasteiger partial charge on any atom is 2.00 e. The van der Waals surface area contributed by atoms with Gasteiger partial charge in [0.15, 0.2) is 0 Å². The molecule has 0 saturated heterocycles. The smallest absolute Gasteiger partial charge is 0.344 e. The van der Waals surface area contributed by atoms with Gasteiger partial charge in [-0.2, -0.15) is 12.8 Å². The molecule has 0 unspecified atom stereocenters. The number of rotatable bonds is 3. The minimum Gasteiger partial charge on any atom is -0.344 e. The summed E-state index contributed by atoms with van der Waals surface area (Å²) in [6.45, 7) is 11.4. The zero-order chi connectivity index (χ0) is 7.54. The first kappa shape index (κ1) is 16.9. The number of hydrogen-bond acceptors (Lipinski definition) is 0. The van der Waals surface area contributed by atoms with E-state index in [4.69, 9.17) is 0 Å². The van der Waals surface area contributed by atoms with Crippen molar-refractivity contribution in [3.05, 3.63) is 13.8 Å². The van der Waals surface area contributed by atoms with Crippen molar-refractivity contribution in [2.45, 2.75) is 46.0 Å². The molecule has 0 spiro atoms. The van der Waals surface area contributed by atoms with Gasteiger partial charge in [0.2, 0.25) is 0 Å². The van der Waals surface area contributed by atoms with E-state index in [1.54, 1.807) is 0 Å². The summed E-state index contributed by atoms with van der Waals surface area (Å²) in [6, 6.07) is 0. The summed E-state index contributed by atoms with van der Waals surface area (Å²) in [5.74, 6) is 0. The molecular weight excluding hydrogens is 173 g/mol. The topological polar surface area (TPSA) is 0 Å². The molecular formula is C9H20Zn. The van der Waals surface area contributed by atoms with Crippen LogP contribution >= 0.6 is 0 Å². The fraction of sp³-hybridized carbons (Fsp3) is 0.778. The van der Waals surface area contributed by atoms with Gasteiger partial charge in [-0.15, -0.1) is 0 Å². The van der Waals surface area contributed by atoms with Gasteiger partial charge >= 0.3 is 19.5 Å². The minimum atomic E-state index is 0. The van der Waals surface area contributed by atoms with Crippen LogP contribution in [0.5, 0.6) is 0 Å². The first-order valence-corrected chi connectivity index (χ1v) is 3.91. The predicted octanol–water partition coefficient (Wildman–Crippen LogP) is 3.63. The number of hydrogen-bond donors (Lipinski definition) is 0. The second kappa shape index (κ2) is 22.6. The SMILES string of the molecule is [CH2-]CC.[CH2-]CCCCC.[Zn+2]. The van der Waals surface area contributed by atoms with Crippen molar-refractivity contribution in [1.29, 1.82) is 0 Å². The Kier molecular flexibility index (Phi) is 38.3. The van der Waals surface area contributed by atoms with E-state index in [1.807, 2.05) is 6.92 Å². The molecule has 0 aliphatic carbocycles. The molecule has 0 aliphatic rings. The average molecular weight is 194 g/mol. The molecule has 0 heterocycles. The Hall–Kier alpha value is 0.623. The summed E-state index contributed by atoms with van der Waals surface area (Å²) in [5, 5.41) is 0. The van der Waals surface area contributed by atoms with Crippen molar-refractivity contribution in [3.63, 3.8) is 0 Å². The molecule has 0 fully saturated rings. The fourth-order valence-electron chi connectivity index (χ4n) is 0.427.